The minimum atomic E-state index is -0.173. The van der Waals surface area contributed by atoms with Crippen molar-refractivity contribution in [2.24, 2.45) is 0 Å². The third-order valence-corrected chi connectivity index (χ3v) is 2.48. The van der Waals surface area contributed by atoms with Crippen LogP contribution in [0.4, 0.5) is 0 Å². The van der Waals surface area contributed by atoms with Gasteiger partial charge in [0.25, 0.3) is 0 Å². The number of nitrogens with one attached hydrogen (secondary N) is 1. The number of rotatable bonds is 1. The molecule has 13 heavy (non-hydrogen) atoms. The van der Waals surface area contributed by atoms with E-state index in [0.29, 0.717) is 12.6 Å². The maximum Gasteiger partial charge on any atom is 0.0665 e. The van der Waals surface area contributed by atoms with Gasteiger partial charge in [-0.2, -0.15) is 0 Å². The van der Waals surface area contributed by atoms with Crippen molar-refractivity contribution in [2.75, 3.05) is 6.54 Å². The summed E-state index contributed by atoms with van der Waals surface area (Å²) in [6.45, 7) is 0.694. The predicted octanol–water partition coefficient (Wildman–Crippen LogP) is 0.867. The van der Waals surface area contributed by atoms with E-state index in [-0.39, 0.29) is 6.10 Å². The molecule has 3 nitrogen and oxygen atoms in total. The molecule has 0 spiro atoms. The standard InChI is InChI=1S/C10H14N2O/c13-9-3-4-10(12-7-9)8-2-1-5-11-6-8/h1-2,5-6,9-10,12-13H,3-4,7H2. The van der Waals surface area contributed by atoms with Gasteiger partial charge in [0.1, 0.15) is 0 Å². The molecule has 0 aromatic carbocycles. The molecule has 1 aliphatic rings. The Bertz CT molecular complexity index is 255. The van der Waals surface area contributed by atoms with Crippen LogP contribution in [0.3, 0.4) is 0 Å². The Hall–Kier alpha value is -0.930. The summed E-state index contributed by atoms with van der Waals surface area (Å²) in [4.78, 5) is 4.08. The van der Waals surface area contributed by atoms with Crippen molar-refractivity contribution in [1.29, 1.82) is 0 Å². The summed E-state index contributed by atoms with van der Waals surface area (Å²) in [5, 5.41) is 12.6. The lowest BCUT2D eigenvalue weighted by atomic mass is 9.97. The number of pyridine rings is 1. The van der Waals surface area contributed by atoms with E-state index in [1.54, 1.807) is 6.20 Å². The minimum Gasteiger partial charge on any atom is -0.392 e. The van der Waals surface area contributed by atoms with Crippen molar-refractivity contribution in [3.05, 3.63) is 30.1 Å². The van der Waals surface area contributed by atoms with Gasteiger partial charge in [-0.15, -0.1) is 0 Å². The number of aliphatic hydroxyl groups is 1. The van der Waals surface area contributed by atoms with Crippen LogP contribution >= 0.6 is 0 Å². The molecule has 0 radical (unpaired) electrons. The molecule has 2 heterocycles. The zero-order valence-electron chi connectivity index (χ0n) is 7.48. The predicted molar refractivity (Wildman–Crippen MR) is 50.2 cm³/mol. The van der Waals surface area contributed by atoms with E-state index in [4.69, 9.17) is 0 Å². The zero-order valence-corrected chi connectivity index (χ0v) is 7.48. The Labute approximate surface area is 77.8 Å². The fraction of sp³-hybridized carbons (Fsp3) is 0.500. The zero-order chi connectivity index (χ0) is 9.10. The highest BCUT2D eigenvalue weighted by atomic mass is 16.3. The first-order valence-electron chi connectivity index (χ1n) is 4.67. The number of hydrogen-bond acceptors (Lipinski definition) is 3. The molecular formula is C10H14N2O. The van der Waals surface area contributed by atoms with E-state index in [1.165, 1.54) is 5.56 Å². The Morgan fingerprint density at radius 3 is 3.00 bits per heavy atom. The van der Waals surface area contributed by atoms with E-state index >= 15 is 0 Å². The van der Waals surface area contributed by atoms with Crippen LogP contribution in [0.5, 0.6) is 0 Å². The second kappa shape index (κ2) is 3.85. The van der Waals surface area contributed by atoms with Crippen molar-refractivity contribution in [2.45, 2.75) is 25.0 Å². The molecule has 2 N–H and O–H groups in total. The van der Waals surface area contributed by atoms with Crippen LogP contribution in [0.1, 0.15) is 24.4 Å². The number of piperidine rings is 1. The van der Waals surface area contributed by atoms with Gasteiger partial charge in [0.05, 0.1) is 6.10 Å². The highest BCUT2D eigenvalue weighted by Crippen LogP contribution is 2.21. The summed E-state index contributed by atoms with van der Waals surface area (Å²) < 4.78 is 0. The quantitative estimate of drug-likeness (QED) is 0.670. The van der Waals surface area contributed by atoms with Gasteiger partial charge >= 0.3 is 0 Å². The lowest BCUT2D eigenvalue weighted by molar-refractivity contribution is 0.126. The van der Waals surface area contributed by atoms with Crippen LogP contribution in [-0.2, 0) is 0 Å². The normalized spacial score (nSPS) is 28.7. The molecule has 2 atom stereocenters. The average Bonchev–Trinajstić information content (AvgIpc) is 2.20. The molecule has 2 rings (SSSR count). The SMILES string of the molecule is OC1CCC(c2cccnc2)NC1. The molecule has 1 saturated heterocycles. The average molecular weight is 178 g/mol. The summed E-state index contributed by atoms with van der Waals surface area (Å²) in [6.07, 6.45) is 5.36. The number of aliphatic hydroxyl groups excluding tert-OH is 1. The van der Waals surface area contributed by atoms with Gasteiger partial charge in [0, 0.05) is 25.0 Å². The first-order valence-corrected chi connectivity index (χ1v) is 4.67. The molecule has 2 unspecified atom stereocenters. The van der Waals surface area contributed by atoms with Gasteiger partial charge in [-0.25, -0.2) is 0 Å². The highest BCUT2D eigenvalue weighted by Gasteiger charge is 2.19. The summed E-state index contributed by atoms with van der Waals surface area (Å²) in [7, 11) is 0. The van der Waals surface area contributed by atoms with Gasteiger partial charge in [-0.1, -0.05) is 6.07 Å². The van der Waals surface area contributed by atoms with E-state index in [9.17, 15) is 5.11 Å². The molecule has 70 valence electrons. The largest absolute Gasteiger partial charge is 0.392 e. The second-order valence-electron chi connectivity index (χ2n) is 3.48. The van der Waals surface area contributed by atoms with Gasteiger partial charge in [-0.05, 0) is 24.5 Å². The third-order valence-electron chi connectivity index (χ3n) is 2.48. The monoisotopic (exact) mass is 178 g/mol. The van der Waals surface area contributed by atoms with Crippen molar-refractivity contribution in [3.8, 4) is 0 Å². The summed E-state index contributed by atoms with van der Waals surface area (Å²) in [6, 6.07) is 4.39. The highest BCUT2D eigenvalue weighted by molar-refractivity contribution is 5.14. The molecular weight excluding hydrogens is 164 g/mol. The molecule has 3 heteroatoms. The van der Waals surface area contributed by atoms with Gasteiger partial charge in [-0.3, -0.25) is 4.98 Å². The molecule has 0 aliphatic carbocycles. The number of hydrogen-bond donors (Lipinski definition) is 2. The van der Waals surface area contributed by atoms with E-state index < -0.39 is 0 Å². The molecule has 1 fully saturated rings. The van der Waals surface area contributed by atoms with Gasteiger partial charge < -0.3 is 10.4 Å². The van der Waals surface area contributed by atoms with E-state index in [2.05, 4.69) is 16.4 Å². The van der Waals surface area contributed by atoms with Crippen LogP contribution in [-0.4, -0.2) is 22.7 Å². The van der Waals surface area contributed by atoms with Crippen LogP contribution in [0.15, 0.2) is 24.5 Å². The van der Waals surface area contributed by atoms with Gasteiger partial charge in [0.15, 0.2) is 0 Å². The van der Waals surface area contributed by atoms with Gasteiger partial charge in [0.2, 0.25) is 0 Å². The van der Waals surface area contributed by atoms with E-state index in [1.807, 2.05) is 12.3 Å². The lowest BCUT2D eigenvalue weighted by Gasteiger charge is -2.26. The summed E-state index contributed by atoms with van der Waals surface area (Å²) in [5.41, 5.74) is 1.22. The summed E-state index contributed by atoms with van der Waals surface area (Å²) >= 11 is 0. The summed E-state index contributed by atoms with van der Waals surface area (Å²) in [5.74, 6) is 0. The minimum absolute atomic E-state index is 0.173. The first-order chi connectivity index (χ1) is 6.36. The molecule has 0 bridgehead atoms. The van der Waals surface area contributed by atoms with Crippen LogP contribution in [0.25, 0.3) is 0 Å². The maximum atomic E-state index is 9.30. The van der Waals surface area contributed by atoms with Crippen molar-refractivity contribution in [1.82, 2.24) is 10.3 Å². The lowest BCUT2D eigenvalue weighted by Crippen LogP contribution is -2.36. The van der Waals surface area contributed by atoms with Crippen molar-refractivity contribution >= 4 is 0 Å². The smallest absolute Gasteiger partial charge is 0.0665 e. The number of β-amino-alcohol motifs (C(OH)–C–C–N with tert-alkyl or cyclic N) is 1. The number of nitrogens with zero attached hydrogens (tertiary/aromatic N) is 1. The molecule has 0 saturated carbocycles. The van der Waals surface area contributed by atoms with Crippen LogP contribution in [0.2, 0.25) is 0 Å². The van der Waals surface area contributed by atoms with Crippen LogP contribution in [0, 0.1) is 0 Å². The molecule has 1 aliphatic heterocycles. The molecule has 1 aromatic heterocycles. The number of aromatic nitrogens is 1. The Kier molecular flexibility index (Phi) is 2.57. The Balaban J connectivity index is 2.03. The Morgan fingerprint density at radius 2 is 2.38 bits per heavy atom. The molecule has 0 amide bonds. The maximum absolute atomic E-state index is 9.30. The fourth-order valence-electron chi connectivity index (χ4n) is 1.71. The third kappa shape index (κ3) is 2.05. The first kappa shape index (κ1) is 8.66. The fourth-order valence-corrected chi connectivity index (χ4v) is 1.71. The molecule has 1 aromatic rings. The Morgan fingerprint density at radius 1 is 1.46 bits per heavy atom. The van der Waals surface area contributed by atoms with Crippen molar-refractivity contribution in [3.63, 3.8) is 0 Å². The van der Waals surface area contributed by atoms with E-state index in [0.717, 1.165) is 12.8 Å². The van der Waals surface area contributed by atoms with Crippen molar-refractivity contribution < 1.29 is 5.11 Å². The van der Waals surface area contributed by atoms with Crippen LogP contribution < -0.4 is 5.32 Å². The topological polar surface area (TPSA) is 45.2 Å². The second-order valence-corrected chi connectivity index (χ2v) is 3.48.